The summed E-state index contributed by atoms with van der Waals surface area (Å²) in [6.07, 6.45) is -4.43. The molecule has 0 saturated heterocycles. The van der Waals surface area contributed by atoms with Crippen molar-refractivity contribution in [3.8, 4) is 17.2 Å². The fourth-order valence-electron chi connectivity index (χ4n) is 2.75. The Morgan fingerprint density at radius 3 is 2.61 bits per heavy atom. The molecule has 0 bridgehead atoms. The first-order valence-electron chi connectivity index (χ1n) is 8.02. The third-order valence-corrected chi connectivity index (χ3v) is 5.16. The number of carbonyl (C=O) groups is 1. The predicted octanol–water partition coefficient (Wildman–Crippen LogP) is 4.77. The standard InChI is InChI=1S/C19H14F3N3O2S/c1-10(18(26)27)8-24-15-6-13(16-17(14(15)7-23)28-9-25-16)11-2-4-12(5-3-11)19(20,21)22/h2-6,24-25H,1,8-9H2,(H,26,27). The molecule has 1 aliphatic rings. The number of carboxylic acids is 1. The normalized spacial score (nSPS) is 12.6. The molecule has 0 radical (unpaired) electrons. The van der Waals surface area contributed by atoms with Gasteiger partial charge in [0.15, 0.2) is 0 Å². The summed E-state index contributed by atoms with van der Waals surface area (Å²) in [5.74, 6) is -0.644. The van der Waals surface area contributed by atoms with Gasteiger partial charge in [0.25, 0.3) is 0 Å². The second-order valence-electron chi connectivity index (χ2n) is 5.97. The summed E-state index contributed by atoms with van der Waals surface area (Å²) >= 11 is 1.40. The van der Waals surface area contributed by atoms with Gasteiger partial charge in [-0.3, -0.25) is 0 Å². The number of hydrogen-bond donors (Lipinski definition) is 3. The molecule has 0 aliphatic carbocycles. The van der Waals surface area contributed by atoms with Crippen LogP contribution in [0.25, 0.3) is 11.1 Å². The molecular weight excluding hydrogens is 391 g/mol. The highest BCUT2D eigenvalue weighted by atomic mass is 32.2. The number of fused-ring (bicyclic) bond motifs is 1. The zero-order chi connectivity index (χ0) is 20.5. The van der Waals surface area contributed by atoms with Crippen molar-refractivity contribution in [1.29, 1.82) is 5.26 Å². The monoisotopic (exact) mass is 405 g/mol. The van der Waals surface area contributed by atoms with Gasteiger partial charge in [0, 0.05) is 17.7 Å². The minimum absolute atomic E-state index is 0.0760. The van der Waals surface area contributed by atoms with Crippen molar-refractivity contribution < 1.29 is 23.1 Å². The average Bonchev–Trinajstić information content (AvgIpc) is 3.14. The van der Waals surface area contributed by atoms with Crippen LogP contribution in [0.3, 0.4) is 0 Å². The van der Waals surface area contributed by atoms with Gasteiger partial charge in [0.1, 0.15) is 6.07 Å². The highest BCUT2D eigenvalue weighted by Crippen LogP contribution is 2.46. The molecule has 0 aromatic heterocycles. The molecule has 0 fully saturated rings. The van der Waals surface area contributed by atoms with E-state index in [9.17, 15) is 23.2 Å². The van der Waals surface area contributed by atoms with Crippen LogP contribution in [0.4, 0.5) is 24.5 Å². The fourth-order valence-corrected chi connectivity index (χ4v) is 3.74. The van der Waals surface area contributed by atoms with Crippen LogP contribution in [0.1, 0.15) is 11.1 Å². The van der Waals surface area contributed by atoms with E-state index in [1.54, 1.807) is 6.07 Å². The number of benzene rings is 2. The number of carboxylic acid groups (broad SMARTS) is 1. The van der Waals surface area contributed by atoms with Gasteiger partial charge in [0.05, 0.1) is 33.3 Å². The SMILES string of the molecule is C=C(CNc1cc(-c2ccc(C(F)(F)F)cc2)c2c(c1C#N)SCN2)C(=O)O. The Labute approximate surface area is 162 Å². The number of alkyl halides is 3. The second-order valence-corrected chi connectivity index (χ2v) is 6.95. The van der Waals surface area contributed by atoms with Gasteiger partial charge in [-0.15, -0.1) is 11.8 Å². The summed E-state index contributed by atoms with van der Waals surface area (Å²) in [7, 11) is 0. The lowest BCUT2D eigenvalue weighted by Crippen LogP contribution is -2.12. The molecule has 28 heavy (non-hydrogen) atoms. The summed E-state index contributed by atoms with van der Waals surface area (Å²) in [6, 6.07) is 8.48. The molecule has 3 rings (SSSR count). The Hall–Kier alpha value is -3.12. The number of anilines is 2. The van der Waals surface area contributed by atoms with Gasteiger partial charge < -0.3 is 15.7 Å². The van der Waals surface area contributed by atoms with Crippen molar-refractivity contribution in [1.82, 2.24) is 0 Å². The summed E-state index contributed by atoms with van der Waals surface area (Å²) in [5.41, 5.74) is 1.75. The van der Waals surface area contributed by atoms with Crippen molar-refractivity contribution in [2.24, 2.45) is 0 Å². The third kappa shape index (κ3) is 3.77. The maximum Gasteiger partial charge on any atom is 0.416 e. The second kappa shape index (κ2) is 7.48. The van der Waals surface area contributed by atoms with E-state index in [4.69, 9.17) is 5.11 Å². The minimum atomic E-state index is -4.43. The molecule has 5 nitrogen and oxygen atoms in total. The number of aliphatic carboxylic acids is 1. The van der Waals surface area contributed by atoms with Gasteiger partial charge in [-0.25, -0.2) is 4.79 Å². The highest BCUT2D eigenvalue weighted by Gasteiger charge is 2.30. The molecule has 9 heteroatoms. The van der Waals surface area contributed by atoms with Crippen molar-refractivity contribution in [3.63, 3.8) is 0 Å². The van der Waals surface area contributed by atoms with Gasteiger partial charge in [0.2, 0.25) is 0 Å². The van der Waals surface area contributed by atoms with Crippen LogP contribution in [0.5, 0.6) is 0 Å². The number of halogens is 3. The van der Waals surface area contributed by atoms with E-state index >= 15 is 0 Å². The van der Waals surface area contributed by atoms with E-state index in [0.29, 0.717) is 38.8 Å². The number of nitrogens with zero attached hydrogens (tertiary/aromatic N) is 1. The molecule has 1 aliphatic heterocycles. The van der Waals surface area contributed by atoms with Crippen LogP contribution in [-0.4, -0.2) is 23.5 Å². The van der Waals surface area contributed by atoms with Crippen LogP contribution < -0.4 is 10.6 Å². The summed E-state index contributed by atoms with van der Waals surface area (Å²) in [5, 5.41) is 24.5. The highest BCUT2D eigenvalue weighted by molar-refractivity contribution is 8.00. The molecule has 0 unspecified atom stereocenters. The van der Waals surface area contributed by atoms with E-state index in [2.05, 4.69) is 23.3 Å². The number of thioether (sulfide) groups is 1. The minimum Gasteiger partial charge on any atom is -0.478 e. The first-order valence-corrected chi connectivity index (χ1v) is 9.01. The van der Waals surface area contributed by atoms with Crippen LogP contribution in [-0.2, 0) is 11.0 Å². The van der Waals surface area contributed by atoms with E-state index in [0.717, 1.165) is 12.1 Å². The lowest BCUT2D eigenvalue weighted by molar-refractivity contribution is -0.137. The summed E-state index contributed by atoms with van der Waals surface area (Å²) in [6.45, 7) is 3.37. The zero-order valence-corrected chi connectivity index (χ0v) is 15.2. The molecular formula is C19H14F3N3O2S. The van der Waals surface area contributed by atoms with Gasteiger partial charge >= 0.3 is 12.1 Å². The largest absolute Gasteiger partial charge is 0.478 e. The molecule has 0 atom stereocenters. The quantitative estimate of drug-likeness (QED) is 0.622. The predicted molar refractivity (Wildman–Crippen MR) is 101 cm³/mol. The molecule has 2 aromatic carbocycles. The Kier molecular flexibility index (Phi) is 5.25. The number of hydrogen-bond acceptors (Lipinski definition) is 5. The average molecular weight is 405 g/mol. The van der Waals surface area contributed by atoms with E-state index < -0.39 is 17.7 Å². The molecule has 1 heterocycles. The fraction of sp³-hybridized carbons (Fsp3) is 0.158. The van der Waals surface area contributed by atoms with Crippen molar-refractivity contribution in [3.05, 3.63) is 53.6 Å². The first-order chi connectivity index (χ1) is 13.2. The maximum absolute atomic E-state index is 12.8. The number of nitriles is 1. The lowest BCUT2D eigenvalue weighted by atomic mass is 9.98. The molecule has 144 valence electrons. The van der Waals surface area contributed by atoms with Crippen molar-refractivity contribution in [2.45, 2.75) is 11.1 Å². The Bertz CT molecular complexity index is 995. The molecule has 0 spiro atoms. The van der Waals surface area contributed by atoms with E-state index in [-0.39, 0.29) is 12.1 Å². The maximum atomic E-state index is 12.8. The van der Waals surface area contributed by atoms with Crippen LogP contribution in [0.2, 0.25) is 0 Å². The number of rotatable bonds is 5. The van der Waals surface area contributed by atoms with Gasteiger partial charge in [-0.1, -0.05) is 18.7 Å². The lowest BCUT2D eigenvalue weighted by Gasteiger charge is -2.16. The Balaban J connectivity index is 2.05. The Morgan fingerprint density at radius 1 is 1.36 bits per heavy atom. The van der Waals surface area contributed by atoms with Crippen molar-refractivity contribution in [2.75, 3.05) is 23.1 Å². The smallest absolute Gasteiger partial charge is 0.416 e. The Morgan fingerprint density at radius 2 is 2.04 bits per heavy atom. The van der Waals surface area contributed by atoms with Gasteiger partial charge in [-0.05, 0) is 23.8 Å². The number of nitrogens with one attached hydrogen (secondary N) is 2. The van der Waals surface area contributed by atoms with Crippen molar-refractivity contribution >= 4 is 29.1 Å². The van der Waals surface area contributed by atoms with Crippen LogP contribution in [0, 0.1) is 11.3 Å². The van der Waals surface area contributed by atoms with Gasteiger partial charge in [-0.2, -0.15) is 18.4 Å². The molecule has 3 N–H and O–H groups in total. The molecule has 0 saturated carbocycles. The topological polar surface area (TPSA) is 85.2 Å². The van der Waals surface area contributed by atoms with Crippen LogP contribution in [0.15, 0.2) is 47.4 Å². The molecule has 0 amide bonds. The van der Waals surface area contributed by atoms with E-state index in [1.807, 2.05) is 0 Å². The zero-order valence-electron chi connectivity index (χ0n) is 14.4. The molecule has 2 aromatic rings. The van der Waals surface area contributed by atoms with E-state index in [1.165, 1.54) is 23.9 Å². The summed E-state index contributed by atoms with van der Waals surface area (Å²) < 4.78 is 38.5. The van der Waals surface area contributed by atoms with Crippen LogP contribution >= 0.6 is 11.8 Å². The first kappa shape index (κ1) is 19.6. The third-order valence-electron chi connectivity index (χ3n) is 4.18. The summed E-state index contributed by atoms with van der Waals surface area (Å²) in [4.78, 5) is 11.6.